The van der Waals surface area contributed by atoms with Crippen molar-refractivity contribution in [1.82, 2.24) is 14.8 Å². The zero-order valence-electron chi connectivity index (χ0n) is 9.60. The van der Waals surface area contributed by atoms with Gasteiger partial charge in [-0.05, 0) is 12.3 Å². The van der Waals surface area contributed by atoms with Crippen LogP contribution in [0.3, 0.4) is 0 Å². The molecule has 1 rings (SSSR count). The highest BCUT2D eigenvalue weighted by molar-refractivity contribution is 5.06. The number of nitrogens with zero attached hydrogens (tertiary/aromatic N) is 4. The van der Waals surface area contributed by atoms with Crippen molar-refractivity contribution in [2.24, 2.45) is 11.1 Å². The van der Waals surface area contributed by atoms with Gasteiger partial charge in [-0.15, -0.1) is 5.10 Å². The van der Waals surface area contributed by atoms with Gasteiger partial charge >= 0.3 is 0 Å². The van der Waals surface area contributed by atoms with E-state index >= 15 is 0 Å². The Bertz CT molecular complexity index is 366. The van der Waals surface area contributed by atoms with Crippen LogP contribution in [0.25, 0.3) is 0 Å². The molecule has 2 N–H and O–H groups in total. The molecular weight excluding hydrogens is 190 g/mol. The summed E-state index contributed by atoms with van der Waals surface area (Å²) in [4.78, 5) is 3.89. The monoisotopic (exact) mass is 207 g/mol. The van der Waals surface area contributed by atoms with Crippen LogP contribution in [0.1, 0.15) is 39.6 Å². The summed E-state index contributed by atoms with van der Waals surface area (Å²) >= 11 is 0. The zero-order valence-corrected chi connectivity index (χ0v) is 9.60. The first-order chi connectivity index (χ1) is 6.86. The molecule has 1 aromatic rings. The smallest absolute Gasteiger partial charge is 0.252 e. The summed E-state index contributed by atoms with van der Waals surface area (Å²) in [5.74, 6) is 0.185. The predicted molar refractivity (Wildman–Crippen MR) is 56.9 cm³/mol. The third kappa shape index (κ3) is 2.54. The number of rotatable bonds is 2. The van der Waals surface area contributed by atoms with Crippen molar-refractivity contribution in [3.63, 3.8) is 0 Å². The molecule has 1 heterocycles. The molecular formula is C10H17N5. The van der Waals surface area contributed by atoms with Crippen molar-refractivity contribution >= 4 is 0 Å². The van der Waals surface area contributed by atoms with Gasteiger partial charge in [-0.3, -0.25) is 0 Å². The number of nitrogens with two attached hydrogens (primary N) is 1. The first kappa shape index (κ1) is 11.7. The van der Waals surface area contributed by atoms with E-state index in [9.17, 15) is 0 Å². The molecule has 0 fully saturated rings. The van der Waals surface area contributed by atoms with E-state index in [2.05, 4.69) is 30.9 Å². The van der Waals surface area contributed by atoms with Gasteiger partial charge in [0.25, 0.3) is 5.82 Å². The highest BCUT2D eigenvalue weighted by atomic mass is 15.4. The molecule has 0 amide bonds. The second kappa shape index (κ2) is 3.99. The number of nitriles is 1. The van der Waals surface area contributed by atoms with Crippen LogP contribution in [-0.2, 0) is 0 Å². The quantitative estimate of drug-likeness (QED) is 0.787. The highest BCUT2D eigenvalue weighted by Crippen LogP contribution is 2.31. The van der Waals surface area contributed by atoms with Gasteiger partial charge in [0.1, 0.15) is 12.4 Å². The van der Waals surface area contributed by atoms with Crippen molar-refractivity contribution in [3.05, 3.63) is 12.2 Å². The molecule has 15 heavy (non-hydrogen) atoms. The Morgan fingerprint density at radius 1 is 1.53 bits per heavy atom. The lowest BCUT2D eigenvalue weighted by molar-refractivity contribution is 0.196. The van der Waals surface area contributed by atoms with E-state index < -0.39 is 0 Å². The summed E-state index contributed by atoms with van der Waals surface area (Å²) in [6, 6.07) is 1.90. The largest absolute Gasteiger partial charge is 0.326 e. The average molecular weight is 207 g/mol. The van der Waals surface area contributed by atoms with Crippen molar-refractivity contribution in [2.45, 2.75) is 39.8 Å². The van der Waals surface area contributed by atoms with Crippen molar-refractivity contribution in [2.75, 3.05) is 0 Å². The molecule has 0 spiro atoms. The van der Waals surface area contributed by atoms with E-state index in [1.807, 2.05) is 13.0 Å². The summed E-state index contributed by atoms with van der Waals surface area (Å²) in [7, 11) is 0. The van der Waals surface area contributed by atoms with E-state index in [0.717, 1.165) is 0 Å². The summed E-state index contributed by atoms with van der Waals surface area (Å²) < 4.78 is 1.68. The van der Waals surface area contributed by atoms with Gasteiger partial charge in [0, 0.05) is 6.04 Å². The van der Waals surface area contributed by atoms with E-state index in [-0.39, 0.29) is 23.3 Å². The van der Waals surface area contributed by atoms with Crippen LogP contribution in [0, 0.1) is 16.7 Å². The lowest BCUT2D eigenvalue weighted by Gasteiger charge is -2.33. The average Bonchev–Trinajstić information content (AvgIpc) is 2.49. The highest BCUT2D eigenvalue weighted by Gasteiger charge is 2.30. The molecule has 5 heteroatoms. The minimum atomic E-state index is -0.0433. The molecule has 2 atom stereocenters. The van der Waals surface area contributed by atoms with Gasteiger partial charge in [-0.25, -0.2) is 9.67 Å². The van der Waals surface area contributed by atoms with Crippen LogP contribution in [0.15, 0.2) is 6.33 Å². The topological polar surface area (TPSA) is 80.5 Å². The lowest BCUT2D eigenvalue weighted by atomic mass is 9.83. The Labute approximate surface area is 89.9 Å². The molecule has 0 bridgehead atoms. The summed E-state index contributed by atoms with van der Waals surface area (Å²) in [6.45, 7) is 8.21. The van der Waals surface area contributed by atoms with E-state index in [0.29, 0.717) is 0 Å². The Morgan fingerprint density at radius 2 is 2.13 bits per heavy atom. The molecule has 82 valence electrons. The van der Waals surface area contributed by atoms with E-state index in [4.69, 9.17) is 11.0 Å². The standard InChI is InChI=1S/C10H17N5/c1-7(12)9(10(2,3)4)15-6-13-8(5-11)14-15/h6-7,9H,12H2,1-4H3. The van der Waals surface area contributed by atoms with Crippen LogP contribution in [0.4, 0.5) is 0 Å². The van der Waals surface area contributed by atoms with Crippen LogP contribution < -0.4 is 5.73 Å². The number of hydrogen-bond acceptors (Lipinski definition) is 4. The maximum atomic E-state index is 8.65. The molecule has 0 aliphatic heterocycles. The SMILES string of the molecule is CC(N)C(n1cnc(C#N)n1)C(C)(C)C. The second-order valence-corrected chi connectivity index (χ2v) is 4.83. The molecule has 0 saturated heterocycles. The van der Waals surface area contributed by atoms with Gasteiger partial charge in [0.2, 0.25) is 0 Å². The summed E-state index contributed by atoms with van der Waals surface area (Å²) in [5.41, 5.74) is 5.91. The number of hydrogen-bond donors (Lipinski definition) is 1. The maximum Gasteiger partial charge on any atom is 0.252 e. The first-order valence-electron chi connectivity index (χ1n) is 4.93. The molecule has 0 radical (unpaired) electrons. The molecule has 1 aromatic heterocycles. The fraction of sp³-hybridized carbons (Fsp3) is 0.700. The molecule has 2 unspecified atom stereocenters. The zero-order chi connectivity index (χ0) is 11.6. The number of aromatic nitrogens is 3. The molecule has 0 aliphatic rings. The molecule has 5 nitrogen and oxygen atoms in total. The fourth-order valence-corrected chi connectivity index (χ4v) is 1.89. The van der Waals surface area contributed by atoms with Crippen molar-refractivity contribution in [3.8, 4) is 6.07 Å². The summed E-state index contributed by atoms with van der Waals surface area (Å²) in [5, 5.41) is 12.7. The van der Waals surface area contributed by atoms with Gasteiger partial charge in [0.05, 0.1) is 6.04 Å². The Kier molecular flexibility index (Phi) is 3.10. The maximum absolute atomic E-state index is 8.65. The normalized spacial score (nSPS) is 15.7. The minimum absolute atomic E-state index is 0.0193. The van der Waals surface area contributed by atoms with Crippen LogP contribution in [0.2, 0.25) is 0 Å². The van der Waals surface area contributed by atoms with E-state index in [1.165, 1.54) is 0 Å². The first-order valence-corrected chi connectivity index (χ1v) is 4.93. The molecule has 0 aliphatic carbocycles. The third-order valence-corrected chi connectivity index (χ3v) is 2.28. The van der Waals surface area contributed by atoms with Crippen molar-refractivity contribution < 1.29 is 0 Å². The predicted octanol–water partition coefficient (Wildman–Crippen LogP) is 1.08. The van der Waals surface area contributed by atoms with Crippen LogP contribution in [-0.4, -0.2) is 20.8 Å². The molecule has 0 saturated carbocycles. The van der Waals surface area contributed by atoms with Crippen LogP contribution >= 0.6 is 0 Å². The van der Waals surface area contributed by atoms with E-state index in [1.54, 1.807) is 11.0 Å². The third-order valence-electron chi connectivity index (χ3n) is 2.28. The minimum Gasteiger partial charge on any atom is -0.326 e. The Balaban J connectivity index is 3.06. The van der Waals surface area contributed by atoms with Crippen LogP contribution in [0.5, 0.6) is 0 Å². The van der Waals surface area contributed by atoms with Crippen molar-refractivity contribution in [1.29, 1.82) is 5.26 Å². The summed E-state index contributed by atoms with van der Waals surface area (Å²) in [6.07, 6.45) is 1.57. The van der Waals surface area contributed by atoms with Gasteiger partial charge < -0.3 is 5.73 Å². The molecule has 0 aromatic carbocycles. The van der Waals surface area contributed by atoms with Gasteiger partial charge in [-0.2, -0.15) is 5.26 Å². The van der Waals surface area contributed by atoms with Gasteiger partial charge in [-0.1, -0.05) is 20.8 Å². The Morgan fingerprint density at radius 3 is 2.47 bits per heavy atom. The van der Waals surface area contributed by atoms with Gasteiger partial charge in [0.15, 0.2) is 0 Å². The fourth-order valence-electron chi connectivity index (χ4n) is 1.89. The second-order valence-electron chi connectivity index (χ2n) is 4.83. The Hall–Kier alpha value is -1.41. The lowest BCUT2D eigenvalue weighted by Crippen LogP contribution is -2.38.